The molecule has 0 aliphatic carbocycles. The van der Waals surface area contributed by atoms with E-state index in [0.717, 1.165) is 10.9 Å². The molecule has 0 aliphatic heterocycles. The highest BCUT2D eigenvalue weighted by Gasteiger charge is 2.10. The molecule has 0 amide bonds. The molecular formula is C13H13N5O. The van der Waals surface area contributed by atoms with E-state index in [1.165, 1.54) is 0 Å². The van der Waals surface area contributed by atoms with Crippen molar-refractivity contribution in [3.8, 4) is 5.88 Å². The van der Waals surface area contributed by atoms with Crippen LogP contribution in [0, 0.1) is 0 Å². The van der Waals surface area contributed by atoms with E-state index in [1.807, 2.05) is 30.3 Å². The van der Waals surface area contributed by atoms with Crippen LogP contribution in [0.2, 0.25) is 0 Å². The number of H-pyrrole nitrogens is 1. The number of nitrogens with one attached hydrogen (secondary N) is 2. The fraction of sp³-hybridized carbons (Fsp3) is 0.154. The summed E-state index contributed by atoms with van der Waals surface area (Å²) in [5, 5.41) is 10.4. The minimum atomic E-state index is 0.460. The number of fused-ring (bicyclic) bond motifs is 1. The van der Waals surface area contributed by atoms with Crippen molar-refractivity contribution in [2.75, 3.05) is 12.4 Å². The Morgan fingerprint density at radius 1 is 1.21 bits per heavy atom. The topological polar surface area (TPSA) is 75.7 Å². The van der Waals surface area contributed by atoms with E-state index in [9.17, 15) is 0 Å². The molecule has 1 aromatic carbocycles. The Morgan fingerprint density at radius 2 is 2.05 bits per heavy atom. The molecule has 19 heavy (non-hydrogen) atoms. The predicted octanol–water partition coefficient (Wildman–Crippen LogP) is 1.97. The second-order valence-corrected chi connectivity index (χ2v) is 4.01. The van der Waals surface area contributed by atoms with Gasteiger partial charge in [-0.25, -0.2) is 0 Å². The zero-order valence-corrected chi connectivity index (χ0v) is 10.4. The molecule has 0 unspecified atom stereocenters. The van der Waals surface area contributed by atoms with Gasteiger partial charge < -0.3 is 10.1 Å². The summed E-state index contributed by atoms with van der Waals surface area (Å²) >= 11 is 0. The third kappa shape index (κ3) is 2.33. The van der Waals surface area contributed by atoms with Crippen LogP contribution in [-0.4, -0.2) is 27.2 Å². The summed E-state index contributed by atoms with van der Waals surface area (Å²) in [6.07, 6.45) is 1.66. The lowest BCUT2D eigenvalue weighted by Gasteiger charge is -2.07. The summed E-state index contributed by atoms with van der Waals surface area (Å²) in [7, 11) is 1.76. The van der Waals surface area contributed by atoms with Gasteiger partial charge in [0, 0.05) is 7.05 Å². The van der Waals surface area contributed by atoms with Gasteiger partial charge >= 0.3 is 0 Å². The first kappa shape index (κ1) is 11.5. The number of nitrogens with zero attached hydrogens (tertiary/aromatic N) is 3. The second-order valence-electron chi connectivity index (χ2n) is 4.01. The smallest absolute Gasteiger partial charge is 0.229 e. The molecule has 0 bridgehead atoms. The SMILES string of the molecule is CNc1nc(OCc2ccccc2)c2cn[nH]c2n1. The Kier molecular flexibility index (Phi) is 2.97. The van der Waals surface area contributed by atoms with E-state index in [2.05, 4.69) is 25.5 Å². The van der Waals surface area contributed by atoms with Crippen LogP contribution in [0.5, 0.6) is 5.88 Å². The van der Waals surface area contributed by atoms with Gasteiger partial charge in [0.15, 0.2) is 5.65 Å². The van der Waals surface area contributed by atoms with E-state index in [0.29, 0.717) is 24.1 Å². The molecule has 6 heteroatoms. The molecule has 0 saturated carbocycles. The Balaban J connectivity index is 1.89. The van der Waals surface area contributed by atoms with Gasteiger partial charge in [0.05, 0.1) is 6.20 Å². The lowest BCUT2D eigenvalue weighted by atomic mass is 10.2. The number of hydrogen-bond donors (Lipinski definition) is 2. The molecule has 3 aromatic rings. The van der Waals surface area contributed by atoms with Crippen molar-refractivity contribution in [3.63, 3.8) is 0 Å². The molecule has 0 saturated heterocycles. The molecule has 0 radical (unpaired) electrons. The molecule has 2 heterocycles. The molecule has 96 valence electrons. The number of hydrogen-bond acceptors (Lipinski definition) is 5. The first-order chi connectivity index (χ1) is 9.36. The fourth-order valence-corrected chi connectivity index (χ4v) is 1.76. The third-order valence-electron chi connectivity index (χ3n) is 2.72. The number of rotatable bonds is 4. The van der Waals surface area contributed by atoms with Crippen molar-refractivity contribution in [1.82, 2.24) is 20.2 Å². The highest BCUT2D eigenvalue weighted by Crippen LogP contribution is 2.22. The molecule has 6 nitrogen and oxygen atoms in total. The van der Waals surface area contributed by atoms with Crippen LogP contribution in [-0.2, 0) is 6.61 Å². The maximum Gasteiger partial charge on any atom is 0.229 e. The first-order valence-electron chi connectivity index (χ1n) is 5.92. The number of benzene rings is 1. The summed E-state index contributed by atoms with van der Waals surface area (Å²) in [6, 6.07) is 9.94. The van der Waals surface area contributed by atoms with Crippen LogP contribution >= 0.6 is 0 Å². The van der Waals surface area contributed by atoms with Gasteiger partial charge in [0.25, 0.3) is 0 Å². The lowest BCUT2D eigenvalue weighted by molar-refractivity contribution is 0.298. The van der Waals surface area contributed by atoms with Crippen LogP contribution < -0.4 is 10.1 Å². The van der Waals surface area contributed by atoms with Gasteiger partial charge in [-0.1, -0.05) is 30.3 Å². The van der Waals surface area contributed by atoms with E-state index in [-0.39, 0.29) is 0 Å². The highest BCUT2D eigenvalue weighted by molar-refractivity contribution is 5.80. The molecule has 2 N–H and O–H groups in total. The van der Waals surface area contributed by atoms with Crippen LogP contribution in [0.25, 0.3) is 11.0 Å². The molecule has 2 aromatic heterocycles. The number of ether oxygens (including phenoxy) is 1. The quantitative estimate of drug-likeness (QED) is 0.745. The van der Waals surface area contributed by atoms with Gasteiger partial charge in [0.2, 0.25) is 11.8 Å². The number of anilines is 1. The molecule has 3 rings (SSSR count). The van der Waals surface area contributed by atoms with Crippen molar-refractivity contribution < 1.29 is 4.74 Å². The molecule has 0 spiro atoms. The Labute approximate surface area is 109 Å². The zero-order chi connectivity index (χ0) is 13.1. The average molecular weight is 255 g/mol. The van der Waals surface area contributed by atoms with Gasteiger partial charge in [-0.2, -0.15) is 15.1 Å². The van der Waals surface area contributed by atoms with Crippen molar-refractivity contribution in [3.05, 3.63) is 42.1 Å². The van der Waals surface area contributed by atoms with E-state index >= 15 is 0 Å². The van der Waals surface area contributed by atoms with E-state index < -0.39 is 0 Å². The van der Waals surface area contributed by atoms with Crippen LogP contribution in [0.1, 0.15) is 5.56 Å². The standard InChI is InChI=1S/C13H13N5O/c1-14-13-16-11-10(7-15-18-11)12(17-13)19-8-9-5-3-2-4-6-9/h2-7H,8H2,1H3,(H2,14,15,16,17,18). The first-order valence-corrected chi connectivity index (χ1v) is 5.92. The Hall–Kier alpha value is -2.63. The van der Waals surface area contributed by atoms with Gasteiger partial charge in [-0.3, -0.25) is 5.10 Å². The summed E-state index contributed by atoms with van der Waals surface area (Å²) in [5.74, 6) is 1.02. The van der Waals surface area contributed by atoms with Crippen molar-refractivity contribution in [2.45, 2.75) is 6.61 Å². The predicted molar refractivity (Wildman–Crippen MR) is 72.0 cm³/mol. The Bertz CT molecular complexity index is 680. The summed E-state index contributed by atoms with van der Waals surface area (Å²) in [4.78, 5) is 8.55. The third-order valence-corrected chi connectivity index (χ3v) is 2.72. The minimum absolute atomic E-state index is 0.460. The normalized spacial score (nSPS) is 10.6. The van der Waals surface area contributed by atoms with Crippen LogP contribution in [0.15, 0.2) is 36.5 Å². The second kappa shape index (κ2) is 4.93. The zero-order valence-electron chi connectivity index (χ0n) is 10.4. The van der Waals surface area contributed by atoms with Crippen molar-refractivity contribution >= 4 is 17.0 Å². The van der Waals surface area contributed by atoms with Crippen molar-refractivity contribution in [1.29, 1.82) is 0 Å². The summed E-state index contributed by atoms with van der Waals surface area (Å²) < 4.78 is 5.76. The molecule has 0 fully saturated rings. The van der Waals surface area contributed by atoms with E-state index in [4.69, 9.17) is 4.74 Å². The summed E-state index contributed by atoms with van der Waals surface area (Å²) in [6.45, 7) is 0.460. The molecule has 0 aliphatic rings. The monoisotopic (exact) mass is 255 g/mol. The van der Waals surface area contributed by atoms with Crippen LogP contribution in [0.3, 0.4) is 0 Å². The number of aromatic amines is 1. The fourth-order valence-electron chi connectivity index (χ4n) is 1.76. The lowest BCUT2D eigenvalue weighted by Crippen LogP contribution is -2.02. The minimum Gasteiger partial charge on any atom is -0.472 e. The van der Waals surface area contributed by atoms with Crippen LogP contribution in [0.4, 0.5) is 5.95 Å². The van der Waals surface area contributed by atoms with Gasteiger partial charge in [0.1, 0.15) is 12.0 Å². The highest BCUT2D eigenvalue weighted by atomic mass is 16.5. The molecular weight excluding hydrogens is 242 g/mol. The number of aromatic nitrogens is 4. The van der Waals surface area contributed by atoms with Gasteiger partial charge in [-0.05, 0) is 5.56 Å². The molecule has 0 atom stereocenters. The maximum atomic E-state index is 5.76. The largest absolute Gasteiger partial charge is 0.472 e. The van der Waals surface area contributed by atoms with Crippen molar-refractivity contribution in [2.24, 2.45) is 0 Å². The van der Waals surface area contributed by atoms with Gasteiger partial charge in [-0.15, -0.1) is 0 Å². The Morgan fingerprint density at radius 3 is 2.84 bits per heavy atom. The maximum absolute atomic E-state index is 5.76. The average Bonchev–Trinajstić information content (AvgIpc) is 2.94. The van der Waals surface area contributed by atoms with E-state index in [1.54, 1.807) is 13.2 Å². The summed E-state index contributed by atoms with van der Waals surface area (Å²) in [5.41, 5.74) is 1.74.